The predicted octanol–water partition coefficient (Wildman–Crippen LogP) is 5.68. The number of halogens is 2. The van der Waals surface area contributed by atoms with Gasteiger partial charge in [-0.25, -0.2) is 0 Å². The van der Waals surface area contributed by atoms with Gasteiger partial charge in [-0.2, -0.15) is 0 Å². The SMILES string of the molecule is Cc1ccc(NC(=O)CSc2snnc2-c2ccc(Br)cc2Br)c([N+](=O)[O-])c1. The average molecular weight is 544 g/mol. The Hall–Kier alpha value is -1.82. The molecule has 1 amide bonds. The quantitative estimate of drug-likeness (QED) is 0.244. The first kappa shape index (κ1) is 20.9. The van der Waals surface area contributed by atoms with Gasteiger partial charge >= 0.3 is 0 Å². The molecule has 1 heterocycles. The number of benzene rings is 2. The standard InChI is InChI=1S/C17H12Br2N4O3S2/c1-9-2-5-13(14(6-9)23(25)26)20-15(24)8-27-17-16(21-22-28-17)11-4-3-10(18)7-12(11)19/h2-7H,8H2,1H3,(H,20,24). The monoisotopic (exact) mass is 542 g/mol. The first-order valence-corrected chi connectivity index (χ1v) is 11.1. The van der Waals surface area contributed by atoms with Gasteiger partial charge in [0.1, 0.15) is 15.6 Å². The lowest BCUT2D eigenvalue weighted by atomic mass is 10.2. The van der Waals surface area contributed by atoms with E-state index >= 15 is 0 Å². The van der Waals surface area contributed by atoms with Crippen LogP contribution in [-0.4, -0.2) is 26.2 Å². The maximum Gasteiger partial charge on any atom is 0.293 e. The van der Waals surface area contributed by atoms with Crippen LogP contribution in [0.4, 0.5) is 11.4 Å². The predicted molar refractivity (Wildman–Crippen MR) is 118 cm³/mol. The molecular formula is C17H12Br2N4O3S2. The minimum atomic E-state index is -0.508. The highest BCUT2D eigenvalue weighted by molar-refractivity contribution is 9.11. The van der Waals surface area contributed by atoms with Crippen LogP contribution >= 0.6 is 55.2 Å². The zero-order valence-electron chi connectivity index (χ0n) is 14.3. The summed E-state index contributed by atoms with van der Waals surface area (Å²) in [4.78, 5) is 23.0. The third kappa shape index (κ3) is 4.96. The molecule has 3 aromatic rings. The number of amides is 1. The number of carbonyl (C=O) groups excluding carboxylic acids is 1. The summed E-state index contributed by atoms with van der Waals surface area (Å²) >= 11 is 9.40. The highest BCUT2D eigenvalue weighted by atomic mass is 79.9. The van der Waals surface area contributed by atoms with Gasteiger partial charge in [-0.15, -0.1) is 16.9 Å². The second-order valence-corrected chi connectivity index (χ2v) is 9.42. The van der Waals surface area contributed by atoms with Crippen molar-refractivity contribution in [3.05, 3.63) is 61.0 Å². The number of hydrogen-bond donors (Lipinski definition) is 1. The van der Waals surface area contributed by atoms with Gasteiger partial charge in [0.05, 0.1) is 10.7 Å². The Bertz CT molecular complexity index is 1060. The summed E-state index contributed by atoms with van der Waals surface area (Å²) in [5.74, 6) is -0.262. The maximum atomic E-state index is 12.3. The molecule has 2 aromatic carbocycles. The summed E-state index contributed by atoms with van der Waals surface area (Å²) < 4.78 is 6.56. The molecule has 3 rings (SSSR count). The largest absolute Gasteiger partial charge is 0.320 e. The van der Waals surface area contributed by atoms with Crippen molar-refractivity contribution in [1.82, 2.24) is 9.59 Å². The van der Waals surface area contributed by atoms with E-state index in [9.17, 15) is 14.9 Å². The molecule has 144 valence electrons. The van der Waals surface area contributed by atoms with Crippen molar-refractivity contribution in [3.63, 3.8) is 0 Å². The third-order valence-corrected chi connectivity index (χ3v) is 6.71. The molecule has 0 spiro atoms. The van der Waals surface area contributed by atoms with E-state index in [0.717, 1.165) is 24.3 Å². The van der Waals surface area contributed by atoms with E-state index in [1.807, 2.05) is 18.2 Å². The topological polar surface area (TPSA) is 98.0 Å². The molecule has 1 aromatic heterocycles. The Balaban J connectivity index is 1.72. The van der Waals surface area contributed by atoms with Gasteiger partial charge in [0, 0.05) is 20.6 Å². The molecule has 11 heteroatoms. The second kappa shape index (κ2) is 9.12. The first-order valence-electron chi connectivity index (χ1n) is 7.80. The van der Waals surface area contributed by atoms with E-state index in [1.165, 1.54) is 35.4 Å². The Morgan fingerprint density at radius 1 is 1.29 bits per heavy atom. The Labute approximate surface area is 185 Å². The number of nitro benzene ring substituents is 1. The van der Waals surface area contributed by atoms with Crippen LogP contribution in [0.25, 0.3) is 11.3 Å². The average Bonchev–Trinajstić information content (AvgIpc) is 3.09. The molecule has 0 radical (unpaired) electrons. The summed E-state index contributed by atoms with van der Waals surface area (Å²) in [6.07, 6.45) is 0. The van der Waals surface area contributed by atoms with Gasteiger partial charge in [-0.3, -0.25) is 14.9 Å². The van der Waals surface area contributed by atoms with Crippen LogP contribution in [0, 0.1) is 17.0 Å². The van der Waals surface area contributed by atoms with Crippen molar-refractivity contribution in [1.29, 1.82) is 0 Å². The third-order valence-electron chi connectivity index (χ3n) is 3.60. The molecule has 0 fully saturated rings. The highest BCUT2D eigenvalue weighted by Crippen LogP contribution is 2.37. The van der Waals surface area contributed by atoms with Crippen molar-refractivity contribution in [3.8, 4) is 11.3 Å². The van der Waals surface area contributed by atoms with Crippen LogP contribution in [0.5, 0.6) is 0 Å². The van der Waals surface area contributed by atoms with Crippen molar-refractivity contribution in [2.75, 3.05) is 11.1 Å². The van der Waals surface area contributed by atoms with Crippen LogP contribution in [0.2, 0.25) is 0 Å². The fraction of sp³-hybridized carbons (Fsp3) is 0.118. The zero-order chi connectivity index (χ0) is 20.3. The van der Waals surface area contributed by atoms with Gasteiger partial charge in [0.25, 0.3) is 5.69 Å². The first-order chi connectivity index (χ1) is 13.3. The Morgan fingerprint density at radius 2 is 2.07 bits per heavy atom. The van der Waals surface area contributed by atoms with Gasteiger partial charge < -0.3 is 5.32 Å². The molecule has 0 aliphatic carbocycles. The summed E-state index contributed by atoms with van der Waals surface area (Å²) in [6, 6.07) is 10.4. The lowest BCUT2D eigenvalue weighted by Crippen LogP contribution is -2.15. The minimum absolute atomic E-state index is 0.0794. The number of thioether (sulfide) groups is 1. The lowest BCUT2D eigenvalue weighted by Gasteiger charge is -2.07. The molecule has 0 aliphatic rings. The molecular weight excluding hydrogens is 532 g/mol. The van der Waals surface area contributed by atoms with Gasteiger partial charge in [-0.1, -0.05) is 48.5 Å². The number of anilines is 1. The van der Waals surface area contributed by atoms with Crippen LogP contribution in [-0.2, 0) is 4.79 Å². The van der Waals surface area contributed by atoms with Crippen LogP contribution < -0.4 is 5.32 Å². The fourth-order valence-corrected chi connectivity index (χ4v) is 5.12. The van der Waals surface area contributed by atoms with E-state index in [0.29, 0.717) is 5.69 Å². The number of aromatic nitrogens is 2. The summed E-state index contributed by atoms with van der Waals surface area (Å²) in [6.45, 7) is 1.76. The molecule has 28 heavy (non-hydrogen) atoms. The lowest BCUT2D eigenvalue weighted by molar-refractivity contribution is -0.384. The van der Waals surface area contributed by atoms with Gasteiger partial charge in [0.15, 0.2) is 0 Å². The number of nitrogens with one attached hydrogen (secondary N) is 1. The molecule has 0 aliphatic heterocycles. The number of rotatable bonds is 6. The van der Waals surface area contributed by atoms with Crippen LogP contribution in [0.3, 0.4) is 0 Å². The molecule has 0 bridgehead atoms. The summed E-state index contributed by atoms with van der Waals surface area (Å²) in [5, 5.41) is 18.0. The Morgan fingerprint density at radius 3 is 2.79 bits per heavy atom. The summed E-state index contributed by atoms with van der Waals surface area (Å²) in [7, 11) is 0. The Kier molecular flexibility index (Phi) is 6.81. The highest BCUT2D eigenvalue weighted by Gasteiger charge is 2.18. The number of aryl methyl sites for hydroxylation is 1. The van der Waals surface area contributed by atoms with Crippen molar-refractivity contribution in [2.45, 2.75) is 11.1 Å². The van der Waals surface area contributed by atoms with Crippen LogP contribution in [0.15, 0.2) is 49.6 Å². The molecule has 0 unspecified atom stereocenters. The second-order valence-electron chi connectivity index (χ2n) is 5.65. The molecule has 0 atom stereocenters. The number of nitro groups is 1. The van der Waals surface area contributed by atoms with E-state index in [-0.39, 0.29) is 23.0 Å². The number of carbonyl (C=O) groups is 1. The van der Waals surface area contributed by atoms with Crippen molar-refractivity contribution >= 4 is 72.4 Å². The van der Waals surface area contributed by atoms with E-state index in [1.54, 1.807) is 13.0 Å². The van der Waals surface area contributed by atoms with Crippen LogP contribution in [0.1, 0.15) is 5.56 Å². The molecule has 1 N–H and O–H groups in total. The number of nitrogens with zero attached hydrogens (tertiary/aromatic N) is 3. The molecule has 0 saturated carbocycles. The van der Waals surface area contributed by atoms with Gasteiger partial charge in [-0.05, 0) is 42.2 Å². The van der Waals surface area contributed by atoms with Gasteiger partial charge in [0.2, 0.25) is 5.91 Å². The fourth-order valence-electron chi connectivity index (χ4n) is 2.34. The van der Waals surface area contributed by atoms with Crippen molar-refractivity contribution in [2.24, 2.45) is 0 Å². The zero-order valence-corrected chi connectivity index (χ0v) is 19.1. The maximum absolute atomic E-state index is 12.3. The smallest absolute Gasteiger partial charge is 0.293 e. The minimum Gasteiger partial charge on any atom is -0.320 e. The van der Waals surface area contributed by atoms with Crippen molar-refractivity contribution < 1.29 is 9.72 Å². The van der Waals surface area contributed by atoms with E-state index in [2.05, 4.69) is 46.8 Å². The summed E-state index contributed by atoms with van der Waals surface area (Å²) in [5.41, 5.74) is 2.36. The van der Waals surface area contributed by atoms with E-state index < -0.39 is 4.92 Å². The molecule has 0 saturated heterocycles. The number of hydrogen-bond acceptors (Lipinski definition) is 7. The molecule has 7 nitrogen and oxygen atoms in total. The van der Waals surface area contributed by atoms with E-state index in [4.69, 9.17) is 0 Å². The normalized spacial score (nSPS) is 10.7.